The Bertz CT molecular complexity index is 516. The molecule has 4 nitrogen and oxygen atoms in total. The third kappa shape index (κ3) is 3.75. The summed E-state index contributed by atoms with van der Waals surface area (Å²) in [5.41, 5.74) is 0. The standard InChI is InChI=1S/C13H19FN2O2S/c1-10-8-15-7-6-11(10)9-16-19(17,18)13-4-2-12(14)3-5-13/h2-5,10-11,15-16H,6-9H2,1H3. The number of benzene rings is 1. The number of nitrogens with one attached hydrogen (secondary N) is 2. The van der Waals surface area contributed by atoms with E-state index in [9.17, 15) is 12.8 Å². The van der Waals surface area contributed by atoms with Crippen molar-refractivity contribution >= 4 is 10.0 Å². The second-order valence-electron chi connectivity index (χ2n) is 5.04. The van der Waals surface area contributed by atoms with E-state index >= 15 is 0 Å². The molecule has 1 aromatic rings. The van der Waals surface area contributed by atoms with Crippen molar-refractivity contribution in [1.82, 2.24) is 10.0 Å². The lowest BCUT2D eigenvalue weighted by Crippen LogP contribution is -2.41. The minimum absolute atomic E-state index is 0.107. The molecule has 6 heteroatoms. The monoisotopic (exact) mass is 286 g/mol. The lowest BCUT2D eigenvalue weighted by Gasteiger charge is -2.29. The fraction of sp³-hybridized carbons (Fsp3) is 0.538. The summed E-state index contributed by atoms with van der Waals surface area (Å²) in [7, 11) is -3.54. The first-order chi connectivity index (χ1) is 8.99. The fourth-order valence-electron chi connectivity index (χ4n) is 2.29. The van der Waals surface area contributed by atoms with Gasteiger partial charge in [0.25, 0.3) is 0 Å². The summed E-state index contributed by atoms with van der Waals surface area (Å²) < 4.78 is 39.5. The highest BCUT2D eigenvalue weighted by atomic mass is 32.2. The van der Waals surface area contributed by atoms with Gasteiger partial charge in [0, 0.05) is 6.54 Å². The zero-order valence-corrected chi connectivity index (χ0v) is 11.7. The molecule has 19 heavy (non-hydrogen) atoms. The fourth-order valence-corrected chi connectivity index (χ4v) is 3.38. The highest BCUT2D eigenvalue weighted by molar-refractivity contribution is 7.89. The van der Waals surface area contributed by atoms with Crippen LogP contribution < -0.4 is 10.0 Å². The van der Waals surface area contributed by atoms with E-state index < -0.39 is 15.8 Å². The molecule has 1 aliphatic rings. The van der Waals surface area contributed by atoms with Gasteiger partial charge in [-0.05, 0) is 55.6 Å². The average molecular weight is 286 g/mol. The predicted molar refractivity (Wildman–Crippen MR) is 71.7 cm³/mol. The molecule has 2 atom stereocenters. The van der Waals surface area contributed by atoms with E-state index in [1.165, 1.54) is 12.1 Å². The molecule has 0 radical (unpaired) electrons. The molecular weight excluding hydrogens is 267 g/mol. The zero-order valence-electron chi connectivity index (χ0n) is 10.9. The van der Waals surface area contributed by atoms with Crippen LogP contribution in [-0.2, 0) is 10.0 Å². The maximum Gasteiger partial charge on any atom is 0.240 e. The average Bonchev–Trinajstić information content (AvgIpc) is 2.38. The maximum atomic E-state index is 12.8. The van der Waals surface area contributed by atoms with Gasteiger partial charge < -0.3 is 5.32 Å². The van der Waals surface area contributed by atoms with Gasteiger partial charge in [0.1, 0.15) is 5.82 Å². The third-order valence-corrected chi connectivity index (χ3v) is 5.06. The Kier molecular flexibility index (Phi) is 4.54. The van der Waals surface area contributed by atoms with Crippen LogP contribution in [0.25, 0.3) is 0 Å². The molecule has 0 bridgehead atoms. The Morgan fingerprint density at radius 2 is 2.05 bits per heavy atom. The molecule has 1 aromatic carbocycles. The smallest absolute Gasteiger partial charge is 0.240 e. The molecule has 2 N–H and O–H groups in total. The Balaban J connectivity index is 1.99. The highest BCUT2D eigenvalue weighted by Gasteiger charge is 2.23. The van der Waals surface area contributed by atoms with E-state index in [0.717, 1.165) is 31.6 Å². The molecule has 2 rings (SSSR count). The van der Waals surface area contributed by atoms with Crippen LogP contribution >= 0.6 is 0 Å². The van der Waals surface area contributed by atoms with Gasteiger partial charge in [-0.2, -0.15) is 0 Å². The molecule has 0 spiro atoms. The van der Waals surface area contributed by atoms with Gasteiger partial charge in [-0.1, -0.05) is 6.92 Å². The molecule has 0 saturated carbocycles. The molecule has 1 heterocycles. The van der Waals surface area contributed by atoms with Gasteiger partial charge in [0.2, 0.25) is 10.0 Å². The number of hydrogen-bond acceptors (Lipinski definition) is 3. The zero-order chi connectivity index (χ0) is 13.9. The quantitative estimate of drug-likeness (QED) is 0.878. The third-order valence-electron chi connectivity index (χ3n) is 3.62. The molecule has 0 amide bonds. The van der Waals surface area contributed by atoms with Crippen molar-refractivity contribution < 1.29 is 12.8 Å². The minimum atomic E-state index is -3.54. The van der Waals surface area contributed by atoms with Crippen molar-refractivity contribution in [2.45, 2.75) is 18.2 Å². The molecule has 1 aliphatic heterocycles. The van der Waals surface area contributed by atoms with Crippen molar-refractivity contribution in [1.29, 1.82) is 0 Å². The Morgan fingerprint density at radius 1 is 1.37 bits per heavy atom. The van der Waals surface area contributed by atoms with E-state index in [1.807, 2.05) is 0 Å². The van der Waals surface area contributed by atoms with Gasteiger partial charge in [-0.25, -0.2) is 17.5 Å². The predicted octanol–water partition coefficient (Wildman–Crippen LogP) is 1.35. The summed E-state index contributed by atoms with van der Waals surface area (Å²) in [5, 5.41) is 3.28. The van der Waals surface area contributed by atoms with E-state index in [-0.39, 0.29) is 4.90 Å². The lowest BCUT2D eigenvalue weighted by molar-refractivity contribution is 0.274. The largest absolute Gasteiger partial charge is 0.316 e. The van der Waals surface area contributed by atoms with Crippen molar-refractivity contribution in [2.24, 2.45) is 11.8 Å². The van der Waals surface area contributed by atoms with Crippen LogP contribution in [0.15, 0.2) is 29.2 Å². The van der Waals surface area contributed by atoms with E-state index in [1.54, 1.807) is 0 Å². The Labute approximate surface area is 113 Å². The van der Waals surface area contributed by atoms with Crippen LogP contribution in [0, 0.1) is 17.7 Å². The van der Waals surface area contributed by atoms with Crippen LogP contribution in [0.4, 0.5) is 4.39 Å². The summed E-state index contributed by atoms with van der Waals surface area (Å²) in [4.78, 5) is 0.107. The van der Waals surface area contributed by atoms with Gasteiger partial charge in [-0.15, -0.1) is 0 Å². The summed E-state index contributed by atoms with van der Waals surface area (Å²) in [6.07, 6.45) is 0.965. The first kappa shape index (κ1) is 14.4. The summed E-state index contributed by atoms with van der Waals surface area (Å²) in [6, 6.07) is 4.87. The number of sulfonamides is 1. The Morgan fingerprint density at radius 3 is 2.68 bits per heavy atom. The number of halogens is 1. The van der Waals surface area contributed by atoms with Gasteiger partial charge in [0.15, 0.2) is 0 Å². The van der Waals surface area contributed by atoms with Crippen molar-refractivity contribution in [3.63, 3.8) is 0 Å². The van der Waals surface area contributed by atoms with Crippen molar-refractivity contribution in [2.75, 3.05) is 19.6 Å². The highest BCUT2D eigenvalue weighted by Crippen LogP contribution is 2.18. The van der Waals surface area contributed by atoms with Gasteiger partial charge in [0.05, 0.1) is 4.90 Å². The summed E-state index contributed by atoms with van der Waals surface area (Å²) in [6.45, 7) is 4.39. The first-order valence-corrected chi connectivity index (χ1v) is 7.93. The second kappa shape index (κ2) is 5.98. The van der Waals surface area contributed by atoms with Crippen LogP contribution in [0.3, 0.4) is 0 Å². The van der Waals surface area contributed by atoms with E-state index in [2.05, 4.69) is 17.0 Å². The maximum absolute atomic E-state index is 12.8. The lowest BCUT2D eigenvalue weighted by atomic mass is 9.88. The topological polar surface area (TPSA) is 58.2 Å². The van der Waals surface area contributed by atoms with E-state index in [0.29, 0.717) is 18.4 Å². The number of rotatable bonds is 4. The molecule has 106 valence electrons. The second-order valence-corrected chi connectivity index (χ2v) is 6.80. The molecule has 1 saturated heterocycles. The van der Waals surface area contributed by atoms with Crippen LogP contribution in [0.1, 0.15) is 13.3 Å². The molecule has 0 aromatic heterocycles. The Hall–Kier alpha value is -0.980. The summed E-state index contributed by atoms with van der Waals surface area (Å²) in [5.74, 6) is 0.354. The van der Waals surface area contributed by atoms with Crippen LogP contribution in [0.2, 0.25) is 0 Å². The van der Waals surface area contributed by atoms with E-state index in [4.69, 9.17) is 0 Å². The van der Waals surface area contributed by atoms with Crippen LogP contribution in [0.5, 0.6) is 0 Å². The molecule has 2 unspecified atom stereocenters. The normalized spacial score (nSPS) is 24.3. The first-order valence-electron chi connectivity index (χ1n) is 6.45. The van der Waals surface area contributed by atoms with Gasteiger partial charge in [-0.3, -0.25) is 0 Å². The van der Waals surface area contributed by atoms with Crippen molar-refractivity contribution in [3.8, 4) is 0 Å². The van der Waals surface area contributed by atoms with Gasteiger partial charge >= 0.3 is 0 Å². The number of piperidine rings is 1. The molecule has 0 aliphatic carbocycles. The number of hydrogen-bond donors (Lipinski definition) is 2. The molecule has 1 fully saturated rings. The van der Waals surface area contributed by atoms with Crippen LogP contribution in [-0.4, -0.2) is 28.1 Å². The summed E-state index contributed by atoms with van der Waals surface area (Å²) >= 11 is 0. The molecular formula is C13H19FN2O2S. The SMILES string of the molecule is CC1CNCCC1CNS(=O)(=O)c1ccc(F)cc1. The minimum Gasteiger partial charge on any atom is -0.316 e. The van der Waals surface area contributed by atoms with Crippen molar-refractivity contribution in [3.05, 3.63) is 30.1 Å².